The molecule has 0 unspecified atom stereocenters. The Bertz CT molecular complexity index is 213. The molecule has 0 N–H and O–H groups in total. The molecule has 0 spiro atoms. The first-order valence-corrected chi connectivity index (χ1v) is 8.47. The molecule has 22 heavy (non-hydrogen) atoms. The van der Waals surface area contributed by atoms with Gasteiger partial charge >= 0.3 is 0 Å². The van der Waals surface area contributed by atoms with Crippen molar-refractivity contribution in [2.24, 2.45) is 0 Å². The molecule has 0 bridgehead atoms. The van der Waals surface area contributed by atoms with Gasteiger partial charge < -0.3 is 4.89 Å². The third kappa shape index (κ3) is 19.3. The number of hydrogen-bond acceptors (Lipinski definition) is 6. The summed E-state index contributed by atoms with van der Waals surface area (Å²) in [6.45, 7) is 5.92. The van der Waals surface area contributed by atoms with Crippen LogP contribution in [-0.2, 0) is 29.9 Å². The van der Waals surface area contributed by atoms with Crippen molar-refractivity contribution in [2.75, 3.05) is 6.61 Å². The Hall–Kier alpha value is -0.660. The van der Waals surface area contributed by atoms with Gasteiger partial charge in [-0.25, -0.2) is 4.89 Å². The van der Waals surface area contributed by atoms with Crippen molar-refractivity contribution in [3.8, 4) is 0 Å². The van der Waals surface area contributed by atoms with Crippen LogP contribution in [0.15, 0.2) is 12.8 Å². The second-order valence-electron chi connectivity index (χ2n) is 5.25. The van der Waals surface area contributed by atoms with E-state index in [4.69, 9.17) is 4.89 Å². The predicted octanol–water partition coefficient (Wildman–Crippen LogP) is 5.51. The van der Waals surface area contributed by atoms with Crippen molar-refractivity contribution in [2.45, 2.75) is 84.0 Å². The highest BCUT2D eigenvalue weighted by Crippen LogP contribution is 2.11. The lowest BCUT2D eigenvalue weighted by Crippen LogP contribution is -2.00. The van der Waals surface area contributed by atoms with Crippen molar-refractivity contribution in [1.82, 2.24) is 0 Å². The molecule has 0 aromatic rings. The molecule has 0 amide bonds. The maximum atomic E-state index is 4.70. The van der Waals surface area contributed by atoms with Gasteiger partial charge in [0.05, 0.1) is 6.61 Å². The van der Waals surface area contributed by atoms with E-state index in [1.165, 1.54) is 64.2 Å². The normalized spacial score (nSPS) is 10.8. The quantitative estimate of drug-likeness (QED) is 0.135. The highest BCUT2D eigenvalue weighted by atomic mass is 17.8. The van der Waals surface area contributed by atoms with E-state index in [-0.39, 0.29) is 0 Å². The Morgan fingerprint density at radius 3 is 1.68 bits per heavy atom. The average molecular weight is 320 g/mol. The first-order chi connectivity index (χ1) is 10.9. The molecule has 0 heterocycles. The van der Waals surface area contributed by atoms with Gasteiger partial charge in [0.25, 0.3) is 0 Å². The molecule has 0 atom stereocenters. The third-order valence-corrected chi connectivity index (χ3v) is 3.32. The van der Waals surface area contributed by atoms with Crippen LogP contribution >= 0.6 is 0 Å². The molecule has 0 aromatic heterocycles. The molecule has 0 aliphatic carbocycles. The first kappa shape index (κ1) is 21.3. The topological polar surface area (TPSA) is 55.4 Å². The van der Waals surface area contributed by atoms with Gasteiger partial charge in [0.1, 0.15) is 6.26 Å². The minimum atomic E-state index is 0.448. The SMILES string of the molecule is C=COOOOOOCCCCCCCCCCCCCC. The molecule has 0 aliphatic heterocycles. The van der Waals surface area contributed by atoms with Gasteiger partial charge in [-0.3, -0.25) is 0 Å². The molecule has 132 valence electrons. The summed E-state index contributed by atoms with van der Waals surface area (Å²) >= 11 is 0. The van der Waals surface area contributed by atoms with E-state index < -0.39 is 0 Å². The zero-order chi connectivity index (χ0) is 16.1. The summed E-state index contributed by atoms with van der Waals surface area (Å²) in [6, 6.07) is 0. The van der Waals surface area contributed by atoms with Gasteiger partial charge in [0, 0.05) is 10.1 Å². The predicted molar refractivity (Wildman–Crippen MR) is 82.7 cm³/mol. The van der Waals surface area contributed by atoms with Gasteiger partial charge in [-0.15, -0.1) is 0 Å². The fourth-order valence-corrected chi connectivity index (χ4v) is 2.12. The van der Waals surface area contributed by atoms with E-state index >= 15 is 0 Å². The molecule has 6 nitrogen and oxygen atoms in total. The average Bonchev–Trinajstić information content (AvgIpc) is 2.54. The van der Waals surface area contributed by atoms with Crippen LogP contribution in [-0.4, -0.2) is 6.61 Å². The lowest BCUT2D eigenvalue weighted by Gasteiger charge is -2.03. The fourth-order valence-electron chi connectivity index (χ4n) is 2.12. The summed E-state index contributed by atoms with van der Waals surface area (Å²) in [5, 5.41) is 16.1. The van der Waals surface area contributed by atoms with E-state index in [9.17, 15) is 0 Å². The second-order valence-corrected chi connectivity index (χ2v) is 5.25. The molecule has 0 saturated heterocycles. The van der Waals surface area contributed by atoms with Gasteiger partial charge in [-0.2, -0.15) is 0 Å². The van der Waals surface area contributed by atoms with Crippen molar-refractivity contribution in [1.29, 1.82) is 0 Å². The largest absolute Gasteiger partial charge is 0.315 e. The Morgan fingerprint density at radius 2 is 1.14 bits per heavy atom. The summed E-state index contributed by atoms with van der Waals surface area (Å²) in [5.41, 5.74) is 0. The monoisotopic (exact) mass is 320 g/mol. The van der Waals surface area contributed by atoms with Crippen LogP contribution in [0, 0.1) is 0 Å². The zero-order valence-electron chi connectivity index (χ0n) is 13.9. The Kier molecular flexibility index (Phi) is 19.7. The molecule has 0 aliphatic rings. The van der Waals surface area contributed by atoms with Gasteiger partial charge in [-0.05, 0) is 16.5 Å². The van der Waals surface area contributed by atoms with Crippen LogP contribution in [0.3, 0.4) is 0 Å². The highest BCUT2D eigenvalue weighted by Gasteiger charge is 1.95. The number of hydrogen-bond donors (Lipinski definition) is 0. The number of unbranched alkanes of at least 4 members (excludes halogenated alkanes) is 11. The highest BCUT2D eigenvalue weighted by molar-refractivity contribution is 4.48. The van der Waals surface area contributed by atoms with E-state index in [1.54, 1.807) is 0 Å². The van der Waals surface area contributed by atoms with E-state index in [0.717, 1.165) is 19.1 Å². The maximum Gasteiger partial charge on any atom is 0.125 e. The summed E-state index contributed by atoms with van der Waals surface area (Å²) in [6.07, 6.45) is 16.6. The minimum absolute atomic E-state index is 0.448. The first-order valence-electron chi connectivity index (χ1n) is 8.47. The van der Waals surface area contributed by atoms with Gasteiger partial charge in [-0.1, -0.05) is 84.1 Å². The van der Waals surface area contributed by atoms with E-state index in [2.05, 4.69) is 38.5 Å². The Morgan fingerprint density at radius 1 is 0.636 bits per heavy atom. The smallest absolute Gasteiger partial charge is 0.125 e. The third-order valence-electron chi connectivity index (χ3n) is 3.32. The molecule has 0 radical (unpaired) electrons. The van der Waals surface area contributed by atoms with Crippen molar-refractivity contribution in [3.63, 3.8) is 0 Å². The fraction of sp³-hybridized carbons (Fsp3) is 0.875. The van der Waals surface area contributed by atoms with Crippen LogP contribution in [0.5, 0.6) is 0 Å². The maximum absolute atomic E-state index is 4.70. The lowest BCUT2D eigenvalue weighted by molar-refractivity contribution is -0.751. The minimum Gasteiger partial charge on any atom is -0.315 e. The van der Waals surface area contributed by atoms with E-state index in [0.29, 0.717) is 6.61 Å². The van der Waals surface area contributed by atoms with Crippen LogP contribution in [0.25, 0.3) is 0 Å². The summed E-state index contributed by atoms with van der Waals surface area (Å²) in [5.74, 6) is 0. The van der Waals surface area contributed by atoms with Crippen molar-refractivity contribution >= 4 is 0 Å². The molecular weight excluding hydrogens is 288 g/mol. The zero-order valence-corrected chi connectivity index (χ0v) is 13.9. The van der Waals surface area contributed by atoms with Crippen molar-refractivity contribution < 1.29 is 29.9 Å². The molecule has 6 heteroatoms. The molecule has 0 aromatic carbocycles. The Labute approximate surface area is 134 Å². The molecule has 0 fully saturated rings. The molecule has 0 rings (SSSR count). The van der Waals surface area contributed by atoms with Crippen LogP contribution < -0.4 is 0 Å². The van der Waals surface area contributed by atoms with E-state index in [1.807, 2.05) is 0 Å². The number of rotatable bonds is 19. The summed E-state index contributed by atoms with van der Waals surface area (Å²) in [4.78, 5) is 8.84. The van der Waals surface area contributed by atoms with Crippen molar-refractivity contribution in [3.05, 3.63) is 12.8 Å². The van der Waals surface area contributed by atoms with Gasteiger partial charge in [0.2, 0.25) is 0 Å². The summed E-state index contributed by atoms with van der Waals surface area (Å²) in [7, 11) is 0. The van der Waals surface area contributed by atoms with Crippen LogP contribution in [0.1, 0.15) is 84.0 Å². The molecular formula is C16H32O6. The standard InChI is InChI=1S/C16H32O6/c1-3-5-6-7-8-9-10-11-12-13-14-15-16-18-20-22-21-19-17-4-2/h4H,2-3,5-16H2,1H3. The van der Waals surface area contributed by atoms with Gasteiger partial charge in [0.15, 0.2) is 0 Å². The second kappa shape index (κ2) is 20.3. The van der Waals surface area contributed by atoms with Crippen LogP contribution in [0.4, 0.5) is 0 Å². The molecule has 0 saturated carbocycles. The summed E-state index contributed by atoms with van der Waals surface area (Å²) < 4.78 is 0. The van der Waals surface area contributed by atoms with Crippen LogP contribution in [0.2, 0.25) is 0 Å². The lowest BCUT2D eigenvalue weighted by atomic mass is 10.1. The Balaban J connectivity index is 2.92.